The average molecular weight is 292 g/mol. The highest BCUT2D eigenvalue weighted by molar-refractivity contribution is 6.01. The van der Waals surface area contributed by atoms with Crippen LogP contribution in [0.5, 0.6) is 0 Å². The van der Waals surface area contributed by atoms with Gasteiger partial charge < -0.3 is 11.1 Å². The van der Waals surface area contributed by atoms with E-state index < -0.39 is 0 Å². The lowest BCUT2D eigenvalue weighted by Gasteiger charge is -2.08. The number of aliphatic imine (C=N–C) groups is 1. The van der Waals surface area contributed by atoms with E-state index in [4.69, 9.17) is 5.73 Å². The van der Waals surface area contributed by atoms with Gasteiger partial charge in [-0.2, -0.15) is 4.99 Å². The lowest BCUT2D eigenvalue weighted by molar-refractivity contribution is 1.04. The molecule has 1 aromatic carbocycles. The van der Waals surface area contributed by atoms with Gasteiger partial charge in [0.2, 0.25) is 5.96 Å². The topological polar surface area (TPSA) is 89.1 Å². The number of hydrogen-bond donors (Lipinski definition) is 2. The van der Waals surface area contributed by atoms with Crippen LogP contribution in [0.2, 0.25) is 0 Å². The van der Waals surface area contributed by atoms with Gasteiger partial charge in [0.25, 0.3) is 5.95 Å². The number of aromatic nitrogens is 3. The molecule has 0 bridgehead atoms. The number of pyridine rings is 1. The second-order valence-electron chi connectivity index (χ2n) is 4.95. The normalized spacial score (nSPS) is 11.6. The molecule has 0 amide bonds. The molecule has 2 aromatic heterocycles. The van der Waals surface area contributed by atoms with Crippen molar-refractivity contribution in [1.82, 2.24) is 15.0 Å². The Balaban J connectivity index is 1.92. The Kier molecular flexibility index (Phi) is 3.65. The second kappa shape index (κ2) is 5.77. The first-order chi connectivity index (χ1) is 10.6. The summed E-state index contributed by atoms with van der Waals surface area (Å²) >= 11 is 0. The van der Waals surface area contributed by atoms with Gasteiger partial charge in [0.05, 0.1) is 11.2 Å². The van der Waals surface area contributed by atoms with Crippen LogP contribution in [0.15, 0.2) is 47.6 Å². The first kappa shape index (κ1) is 13.9. The molecular weight excluding hydrogens is 276 g/mol. The van der Waals surface area contributed by atoms with Crippen molar-refractivity contribution in [3.05, 3.63) is 54.0 Å². The number of rotatable bonds is 2. The van der Waals surface area contributed by atoms with Gasteiger partial charge in [0.15, 0.2) is 0 Å². The lowest BCUT2D eigenvalue weighted by atomic mass is 10.2. The fraction of sp³-hybridized carbons (Fsp3) is 0.125. The quantitative estimate of drug-likeness (QED) is 0.560. The van der Waals surface area contributed by atoms with Crippen LogP contribution < -0.4 is 11.1 Å². The molecule has 110 valence electrons. The van der Waals surface area contributed by atoms with Crippen LogP contribution in [0.25, 0.3) is 10.9 Å². The smallest absolute Gasteiger partial charge is 0.253 e. The molecule has 6 nitrogen and oxygen atoms in total. The van der Waals surface area contributed by atoms with Crippen LogP contribution in [0.1, 0.15) is 11.4 Å². The van der Waals surface area contributed by atoms with Crippen LogP contribution in [0, 0.1) is 13.8 Å². The predicted molar refractivity (Wildman–Crippen MR) is 88.2 cm³/mol. The lowest BCUT2D eigenvalue weighted by Crippen LogP contribution is -2.22. The zero-order valence-corrected chi connectivity index (χ0v) is 12.4. The minimum Gasteiger partial charge on any atom is -0.369 e. The molecule has 6 heteroatoms. The zero-order valence-electron chi connectivity index (χ0n) is 12.4. The van der Waals surface area contributed by atoms with Crippen molar-refractivity contribution >= 4 is 28.5 Å². The number of hydrogen-bond acceptors (Lipinski definition) is 4. The Morgan fingerprint density at radius 3 is 2.59 bits per heavy atom. The van der Waals surface area contributed by atoms with Crippen LogP contribution in [-0.4, -0.2) is 20.9 Å². The molecule has 0 saturated carbocycles. The maximum Gasteiger partial charge on any atom is 0.253 e. The molecule has 0 radical (unpaired) electrons. The highest BCUT2D eigenvalue weighted by Gasteiger charge is 2.04. The number of nitrogens with two attached hydrogens (primary N) is 1. The standard InChI is InChI=1S/C16H16N6/c1-10-9-11(2)20-16(19-10)22-15(17)21-13-7-3-5-12-6-4-8-18-14(12)13/h3-9H,1-2H3,(H3,17,19,20,21,22). The van der Waals surface area contributed by atoms with E-state index in [1.54, 1.807) is 6.20 Å². The van der Waals surface area contributed by atoms with E-state index >= 15 is 0 Å². The molecule has 0 aliphatic heterocycles. The Hall–Kier alpha value is -3.02. The first-order valence-electron chi connectivity index (χ1n) is 6.89. The number of guanidine groups is 1. The van der Waals surface area contributed by atoms with Crippen molar-refractivity contribution in [2.45, 2.75) is 13.8 Å². The van der Waals surface area contributed by atoms with Crippen molar-refractivity contribution in [2.75, 3.05) is 5.32 Å². The highest BCUT2D eigenvalue weighted by atomic mass is 15.2. The monoisotopic (exact) mass is 292 g/mol. The summed E-state index contributed by atoms with van der Waals surface area (Å²) < 4.78 is 0. The van der Waals surface area contributed by atoms with E-state index in [0.29, 0.717) is 5.95 Å². The number of nitrogens with zero attached hydrogens (tertiary/aromatic N) is 4. The van der Waals surface area contributed by atoms with Gasteiger partial charge in [0.1, 0.15) is 0 Å². The third-order valence-electron chi connectivity index (χ3n) is 3.09. The van der Waals surface area contributed by atoms with E-state index in [9.17, 15) is 0 Å². The third-order valence-corrected chi connectivity index (χ3v) is 3.09. The highest BCUT2D eigenvalue weighted by Crippen LogP contribution is 2.20. The Bertz CT molecular complexity index is 831. The molecule has 2 heterocycles. The van der Waals surface area contributed by atoms with Crippen molar-refractivity contribution in [3.63, 3.8) is 0 Å². The Labute approximate surface area is 128 Å². The van der Waals surface area contributed by atoms with E-state index in [1.807, 2.05) is 50.2 Å². The average Bonchev–Trinajstić information content (AvgIpc) is 2.46. The van der Waals surface area contributed by atoms with Crippen molar-refractivity contribution in [2.24, 2.45) is 10.7 Å². The molecular formula is C16H16N6. The molecule has 3 rings (SSSR count). The Morgan fingerprint density at radius 2 is 1.82 bits per heavy atom. The molecule has 0 unspecified atom stereocenters. The van der Waals surface area contributed by atoms with Gasteiger partial charge in [-0.1, -0.05) is 18.2 Å². The third kappa shape index (κ3) is 3.01. The molecule has 0 aliphatic rings. The summed E-state index contributed by atoms with van der Waals surface area (Å²) in [4.78, 5) is 17.1. The van der Waals surface area contributed by atoms with E-state index in [0.717, 1.165) is 28.0 Å². The summed E-state index contributed by atoms with van der Waals surface area (Å²) in [5, 5.41) is 4.09. The number of aryl methyl sites for hydroxylation is 2. The summed E-state index contributed by atoms with van der Waals surface area (Å²) in [5.74, 6) is 0.568. The minimum absolute atomic E-state index is 0.225. The molecule has 0 aliphatic carbocycles. The number of para-hydroxylation sites is 1. The maximum atomic E-state index is 5.96. The maximum absolute atomic E-state index is 5.96. The van der Waals surface area contributed by atoms with Gasteiger partial charge >= 0.3 is 0 Å². The first-order valence-corrected chi connectivity index (χ1v) is 6.89. The largest absolute Gasteiger partial charge is 0.369 e. The number of fused-ring (bicyclic) bond motifs is 1. The van der Waals surface area contributed by atoms with Crippen LogP contribution in [0.3, 0.4) is 0 Å². The summed E-state index contributed by atoms with van der Waals surface area (Å²) in [7, 11) is 0. The summed E-state index contributed by atoms with van der Waals surface area (Å²) in [5.41, 5.74) is 9.30. The van der Waals surface area contributed by atoms with Gasteiger partial charge in [-0.05, 0) is 32.0 Å². The number of anilines is 1. The van der Waals surface area contributed by atoms with Crippen molar-refractivity contribution < 1.29 is 0 Å². The molecule has 3 N–H and O–H groups in total. The number of benzene rings is 1. The summed E-state index contributed by atoms with van der Waals surface area (Å²) in [6.07, 6.45) is 1.74. The van der Waals surface area contributed by atoms with E-state index in [-0.39, 0.29) is 5.96 Å². The second-order valence-corrected chi connectivity index (χ2v) is 4.95. The van der Waals surface area contributed by atoms with Crippen LogP contribution >= 0.6 is 0 Å². The minimum atomic E-state index is 0.225. The van der Waals surface area contributed by atoms with E-state index in [2.05, 4.69) is 25.3 Å². The fourth-order valence-electron chi connectivity index (χ4n) is 2.24. The van der Waals surface area contributed by atoms with Crippen LogP contribution in [-0.2, 0) is 0 Å². The zero-order chi connectivity index (χ0) is 15.5. The van der Waals surface area contributed by atoms with Gasteiger partial charge in [-0.3, -0.25) is 4.98 Å². The molecule has 0 fully saturated rings. The molecule has 3 aromatic rings. The van der Waals surface area contributed by atoms with Crippen molar-refractivity contribution in [3.8, 4) is 0 Å². The fourth-order valence-corrected chi connectivity index (χ4v) is 2.24. The summed E-state index contributed by atoms with van der Waals surface area (Å²) in [6.45, 7) is 3.79. The number of nitrogens with one attached hydrogen (secondary N) is 1. The van der Waals surface area contributed by atoms with Gasteiger partial charge in [0, 0.05) is 23.0 Å². The summed E-state index contributed by atoms with van der Waals surface area (Å²) in [6, 6.07) is 11.6. The SMILES string of the molecule is Cc1cc(C)nc(N=C(N)Nc2cccc3cccnc23)n1. The van der Waals surface area contributed by atoms with Crippen LogP contribution in [0.4, 0.5) is 11.6 Å². The predicted octanol–water partition coefficient (Wildman–Crippen LogP) is 2.70. The molecule has 0 saturated heterocycles. The molecule has 0 spiro atoms. The van der Waals surface area contributed by atoms with Gasteiger partial charge in [-0.15, -0.1) is 0 Å². The Morgan fingerprint density at radius 1 is 1.09 bits per heavy atom. The molecule has 22 heavy (non-hydrogen) atoms. The van der Waals surface area contributed by atoms with Gasteiger partial charge in [-0.25, -0.2) is 9.97 Å². The van der Waals surface area contributed by atoms with E-state index in [1.165, 1.54) is 0 Å². The van der Waals surface area contributed by atoms with Crippen molar-refractivity contribution in [1.29, 1.82) is 0 Å². The molecule has 0 atom stereocenters.